The average Bonchev–Trinajstić information content (AvgIpc) is 3.05. The lowest BCUT2D eigenvalue weighted by Crippen LogP contribution is -2.39. The lowest BCUT2D eigenvalue weighted by molar-refractivity contribution is -0.124. The third-order valence-electron chi connectivity index (χ3n) is 3.24. The summed E-state index contributed by atoms with van der Waals surface area (Å²) in [5.74, 6) is 0.515. The van der Waals surface area contributed by atoms with Gasteiger partial charge in [-0.2, -0.15) is 0 Å². The van der Waals surface area contributed by atoms with E-state index in [9.17, 15) is 9.59 Å². The van der Waals surface area contributed by atoms with Gasteiger partial charge in [0.25, 0.3) is 0 Å². The number of nitrogens with one attached hydrogen (secondary N) is 2. The fraction of sp³-hybridized carbons (Fsp3) is 0.500. The van der Waals surface area contributed by atoms with Crippen LogP contribution >= 0.6 is 46.9 Å². The summed E-state index contributed by atoms with van der Waals surface area (Å²) in [6.45, 7) is 4.11. The van der Waals surface area contributed by atoms with Crippen molar-refractivity contribution in [1.82, 2.24) is 20.4 Å². The monoisotopic (exact) mass is 485 g/mol. The molecule has 1 aliphatic rings. The molecule has 1 aromatic rings. The van der Waals surface area contributed by atoms with Crippen LogP contribution in [0.25, 0.3) is 0 Å². The van der Waals surface area contributed by atoms with Crippen molar-refractivity contribution in [2.24, 2.45) is 4.99 Å². The molecule has 24 heavy (non-hydrogen) atoms. The number of urea groups is 1. The van der Waals surface area contributed by atoms with Crippen molar-refractivity contribution < 1.29 is 9.59 Å². The van der Waals surface area contributed by atoms with Gasteiger partial charge in [0, 0.05) is 18.5 Å². The summed E-state index contributed by atoms with van der Waals surface area (Å²) >= 11 is 7.48. The fourth-order valence-corrected chi connectivity index (χ4v) is 3.29. The highest BCUT2D eigenvalue weighted by atomic mass is 127. The highest BCUT2D eigenvalue weighted by Crippen LogP contribution is 2.22. The van der Waals surface area contributed by atoms with Crippen LogP contribution in [0.1, 0.15) is 11.8 Å². The number of aliphatic imine (C=N–C) groups is 1. The molecule has 134 valence electrons. The van der Waals surface area contributed by atoms with E-state index >= 15 is 0 Å². The molecule has 1 fully saturated rings. The number of carbonyl (C=O) groups is 2. The van der Waals surface area contributed by atoms with Crippen LogP contribution in [0.15, 0.2) is 17.1 Å². The van der Waals surface area contributed by atoms with Gasteiger partial charge in [-0.3, -0.25) is 14.7 Å². The summed E-state index contributed by atoms with van der Waals surface area (Å²) < 4.78 is 0.758. The molecule has 1 aromatic heterocycles. The minimum Gasteiger partial charge on any atom is -0.357 e. The molecule has 0 aromatic carbocycles. The Hall–Kier alpha value is -1.07. The second-order valence-corrected chi connectivity index (χ2v) is 6.80. The van der Waals surface area contributed by atoms with Crippen molar-refractivity contribution in [3.8, 4) is 0 Å². The van der Waals surface area contributed by atoms with Crippen molar-refractivity contribution in [3.63, 3.8) is 0 Å². The van der Waals surface area contributed by atoms with Crippen LogP contribution in [0.4, 0.5) is 4.79 Å². The second-order valence-electron chi connectivity index (χ2n) is 5.00. The van der Waals surface area contributed by atoms with Crippen LogP contribution in [-0.4, -0.2) is 60.9 Å². The molecule has 7 nitrogen and oxygen atoms in total. The molecular formula is C14H21ClIN5O2S. The zero-order chi connectivity index (χ0) is 16.8. The molecule has 3 amide bonds. The molecular weight excluding hydrogens is 465 g/mol. The first kappa shape index (κ1) is 21.0. The molecule has 0 spiro atoms. The highest BCUT2D eigenvalue weighted by molar-refractivity contribution is 14.0. The first-order valence-electron chi connectivity index (χ1n) is 7.33. The second kappa shape index (κ2) is 10.0. The topological polar surface area (TPSA) is 77.0 Å². The zero-order valence-corrected chi connectivity index (χ0v) is 17.4. The van der Waals surface area contributed by atoms with Crippen molar-refractivity contribution >= 4 is 64.8 Å². The summed E-state index contributed by atoms with van der Waals surface area (Å²) in [6.07, 6.45) is 0. The van der Waals surface area contributed by atoms with Crippen molar-refractivity contribution in [2.75, 3.05) is 33.2 Å². The van der Waals surface area contributed by atoms with Gasteiger partial charge in [-0.15, -0.1) is 35.3 Å². The number of guanidine groups is 1. The van der Waals surface area contributed by atoms with Gasteiger partial charge in [-0.05, 0) is 19.1 Å². The Morgan fingerprint density at radius 1 is 1.50 bits per heavy atom. The van der Waals surface area contributed by atoms with Crippen LogP contribution in [0.3, 0.4) is 0 Å². The van der Waals surface area contributed by atoms with Gasteiger partial charge < -0.3 is 15.5 Å². The first-order valence-corrected chi connectivity index (χ1v) is 8.52. The van der Waals surface area contributed by atoms with E-state index in [0.717, 1.165) is 21.7 Å². The quantitative estimate of drug-likeness (QED) is 0.280. The molecule has 1 saturated heterocycles. The predicted molar refractivity (Wildman–Crippen MR) is 107 cm³/mol. The van der Waals surface area contributed by atoms with E-state index in [1.165, 1.54) is 16.2 Å². The van der Waals surface area contributed by atoms with Gasteiger partial charge in [-0.25, -0.2) is 4.79 Å². The molecule has 1 aliphatic heterocycles. The van der Waals surface area contributed by atoms with Gasteiger partial charge in [0.2, 0.25) is 5.91 Å². The summed E-state index contributed by atoms with van der Waals surface area (Å²) in [5, 5.41) is 5.69. The number of carbonyl (C=O) groups excluding carboxylic acids is 2. The fourth-order valence-electron chi connectivity index (χ4n) is 2.15. The minimum absolute atomic E-state index is 0. The van der Waals surface area contributed by atoms with Gasteiger partial charge in [-0.1, -0.05) is 11.6 Å². The molecule has 10 heteroatoms. The maximum atomic E-state index is 11.5. The Bertz CT molecular complexity index is 594. The van der Waals surface area contributed by atoms with Gasteiger partial charge >= 0.3 is 6.03 Å². The molecule has 2 rings (SSSR count). The Balaban J connectivity index is 0.00000288. The number of thiophene rings is 1. The maximum absolute atomic E-state index is 11.5. The maximum Gasteiger partial charge on any atom is 0.324 e. The molecule has 0 bridgehead atoms. The lowest BCUT2D eigenvalue weighted by atomic mass is 10.4. The molecule has 0 aliphatic carbocycles. The van der Waals surface area contributed by atoms with Gasteiger partial charge in [0.15, 0.2) is 5.96 Å². The summed E-state index contributed by atoms with van der Waals surface area (Å²) in [7, 11) is 1.93. The predicted octanol–water partition coefficient (Wildman–Crippen LogP) is 1.97. The molecule has 0 saturated carbocycles. The third kappa shape index (κ3) is 5.78. The van der Waals surface area contributed by atoms with E-state index in [1.54, 1.807) is 0 Å². The van der Waals surface area contributed by atoms with Crippen LogP contribution in [0.5, 0.6) is 0 Å². The number of rotatable bonds is 6. The Kier molecular flexibility index (Phi) is 8.78. The summed E-state index contributed by atoms with van der Waals surface area (Å²) in [6, 6.07) is 3.51. The normalized spacial score (nSPS) is 14.5. The summed E-state index contributed by atoms with van der Waals surface area (Å²) in [5.41, 5.74) is 0. The van der Waals surface area contributed by atoms with E-state index in [-0.39, 0.29) is 49.0 Å². The van der Waals surface area contributed by atoms with Crippen LogP contribution in [-0.2, 0) is 11.3 Å². The molecule has 0 unspecified atom stereocenters. The number of nitrogens with zero attached hydrogens (tertiary/aromatic N) is 3. The van der Waals surface area contributed by atoms with Crippen LogP contribution < -0.4 is 10.6 Å². The van der Waals surface area contributed by atoms with Crippen molar-refractivity contribution in [3.05, 3.63) is 21.3 Å². The molecule has 0 atom stereocenters. The van der Waals surface area contributed by atoms with Crippen molar-refractivity contribution in [2.45, 2.75) is 13.5 Å². The third-order valence-corrected chi connectivity index (χ3v) is 4.46. The van der Waals surface area contributed by atoms with Crippen LogP contribution in [0.2, 0.25) is 4.34 Å². The number of imide groups is 1. The average molecular weight is 486 g/mol. The molecule has 2 N–H and O–H groups in total. The van der Waals surface area contributed by atoms with Crippen molar-refractivity contribution in [1.29, 1.82) is 0 Å². The first-order chi connectivity index (χ1) is 11.0. The lowest BCUT2D eigenvalue weighted by Gasteiger charge is -2.21. The Morgan fingerprint density at radius 3 is 2.79 bits per heavy atom. The Labute approximate surface area is 167 Å². The smallest absolute Gasteiger partial charge is 0.324 e. The summed E-state index contributed by atoms with van der Waals surface area (Å²) in [4.78, 5) is 31.8. The highest BCUT2D eigenvalue weighted by Gasteiger charge is 2.27. The van der Waals surface area contributed by atoms with E-state index in [1.807, 2.05) is 31.0 Å². The molecule has 2 heterocycles. The number of hydrogen-bond donors (Lipinski definition) is 2. The van der Waals surface area contributed by atoms with E-state index in [0.29, 0.717) is 13.1 Å². The largest absolute Gasteiger partial charge is 0.357 e. The van der Waals surface area contributed by atoms with E-state index < -0.39 is 0 Å². The number of halogens is 2. The number of amides is 3. The SMILES string of the molecule is CCNC(=NCCN1C(=O)CNC1=O)N(C)Cc1ccc(Cl)s1.I. The number of hydrogen-bond acceptors (Lipinski definition) is 4. The van der Waals surface area contributed by atoms with Crippen LogP contribution in [0, 0.1) is 0 Å². The molecule has 0 radical (unpaired) electrons. The van der Waals surface area contributed by atoms with E-state index in [4.69, 9.17) is 11.6 Å². The van der Waals surface area contributed by atoms with E-state index in [2.05, 4.69) is 15.6 Å². The van der Waals surface area contributed by atoms with Gasteiger partial charge in [0.1, 0.15) is 0 Å². The van der Waals surface area contributed by atoms with Gasteiger partial charge in [0.05, 0.1) is 30.5 Å². The minimum atomic E-state index is -0.350. The Morgan fingerprint density at radius 2 is 2.25 bits per heavy atom. The zero-order valence-electron chi connectivity index (χ0n) is 13.5. The standard InChI is InChI=1S/C14H20ClN5O2S.HI/c1-3-16-13(19(2)9-10-4-5-11(15)23-10)17-6-7-20-12(21)8-18-14(20)22;/h4-5H,3,6-9H2,1-2H3,(H,16,17)(H,18,22);1H.